The van der Waals surface area contributed by atoms with E-state index in [-0.39, 0.29) is 0 Å². The van der Waals surface area contributed by atoms with E-state index in [2.05, 4.69) is 12.2 Å². The van der Waals surface area contributed by atoms with E-state index in [9.17, 15) is 0 Å². The van der Waals surface area contributed by atoms with Crippen LogP contribution in [-0.2, 0) is 0 Å². The first-order valence-corrected chi connectivity index (χ1v) is 3.55. The Morgan fingerprint density at radius 3 is 3.18 bits per heavy atom. The zero-order valence-electron chi connectivity index (χ0n) is 6.13. The molecule has 0 fully saturated rings. The minimum Gasteiger partial charge on any atom is -0.343 e. The molecule has 1 aliphatic rings. The van der Waals surface area contributed by atoms with Crippen molar-refractivity contribution in [2.45, 2.75) is 0 Å². The molecule has 1 aromatic rings. The average molecular weight is 147 g/mol. The molecular weight excluding hydrogens is 138 g/mol. The van der Waals surface area contributed by atoms with Crippen LogP contribution >= 0.6 is 0 Å². The first-order valence-electron chi connectivity index (χ1n) is 3.55. The maximum atomic E-state index is 5.37. The highest BCUT2D eigenvalue weighted by Crippen LogP contribution is 2.29. The quantitative estimate of drug-likeness (QED) is 0.565. The first kappa shape index (κ1) is 6.40. The maximum absolute atomic E-state index is 5.37. The minimum absolute atomic E-state index is 0.705. The number of para-hydroxylation sites is 2. The number of fused-ring (bicyclic) bond motifs is 1. The number of nitrogens with one attached hydrogen (secondary N) is 1. The molecule has 1 N–H and O–H groups in total. The van der Waals surface area contributed by atoms with E-state index >= 15 is 0 Å². The van der Waals surface area contributed by atoms with Crippen LogP contribution in [0.3, 0.4) is 0 Å². The van der Waals surface area contributed by atoms with E-state index in [1.54, 1.807) is 0 Å². The fraction of sp³-hybridized carbons (Fsp3) is 0.111. The first-order chi connectivity index (χ1) is 5.36. The normalized spacial score (nSPS) is 14.8. The Hall–Kier alpha value is -1.31. The van der Waals surface area contributed by atoms with E-state index in [0.29, 0.717) is 6.54 Å². The molecule has 2 nitrogen and oxygen atoms in total. The van der Waals surface area contributed by atoms with E-state index in [4.69, 9.17) is 4.74 Å². The Labute approximate surface area is 66.2 Å². The van der Waals surface area contributed by atoms with Crippen molar-refractivity contribution >= 4 is 5.69 Å². The third-order valence-corrected chi connectivity index (χ3v) is 1.62. The number of benzene rings is 1. The third kappa shape index (κ3) is 1.11. The highest BCUT2D eigenvalue weighted by Gasteiger charge is 2.18. The summed E-state index contributed by atoms with van der Waals surface area (Å²) in [6.45, 7) is 4.43. The fourth-order valence-electron chi connectivity index (χ4n) is 1.09. The second-order valence-electron chi connectivity index (χ2n) is 2.49. The second kappa shape index (κ2) is 2.38. The molecule has 1 aliphatic heterocycles. The number of hydrogen-bond donors (Lipinski definition) is 1. The fourth-order valence-corrected chi connectivity index (χ4v) is 1.09. The smallest absolute Gasteiger partial charge is 0.201 e. The number of rotatable bonds is 0. The van der Waals surface area contributed by atoms with Gasteiger partial charge in [0.2, 0.25) is 5.75 Å². The summed E-state index contributed by atoms with van der Waals surface area (Å²) in [5.41, 5.74) is 1.04. The van der Waals surface area contributed by atoms with Crippen molar-refractivity contribution in [2.75, 3.05) is 11.9 Å². The molecule has 0 radical (unpaired) electrons. The molecule has 2 heteroatoms. The molecule has 0 atom stereocenters. The van der Waals surface area contributed by atoms with Gasteiger partial charge in [0.1, 0.15) is 0 Å². The molecule has 0 aromatic heterocycles. The largest absolute Gasteiger partial charge is 0.343 e. The molecule has 0 spiro atoms. The molecule has 0 amide bonds. The van der Waals surface area contributed by atoms with Crippen molar-refractivity contribution in [2.24, 2.45) is 0 Å². The van der Waals surface area contributed by atoms with Crippen LogP contribution in [0, 0.1) is 13.0 Å². The van der Waals surface area contributed by atoms with Gasteiger partial charge in [-0.15, -0.1) is 0 Å². The Morgan fingerprint density at radius 1 is 1.45 bits per heavy atom. The number of ether oxygens (including phenoxy) is 1. The predicted molar refractivity (Wildman–Crippen MR) is 44.2 cm³/mol. The second-order valence-corrected chi connectivity index (χ2v) is 2.49. The Balaban J connectivity index is 2.34. The van der Waals surface area contributed by atoms with Crippen molar-refractivity contribution in [1.82, 2.24) is 0 Å². The van der Waals surface area contributed by atoms with E-state index in [0.717, 1.165) is 17.5 Å². The Morgan fingerprint density at radius 2 is 2.27 bits per heavy atom. The van der Waals surface area contributed by atoms with Gasteiger partial charge >= 0.3 is 0 Å². The molecule has 1 heterocycles. The van der Waals surface area contributed by atoms with Crippen molar-refractivity contribution in [3.05, 3.63) is 37.3 Å². The van der Waals surface area contributed by atoms with E-state index in [1.807, 2.05) is 24.3 Å². The third-order valence-electron chi connectivity index (χ3n) is 1.62. The van der Waals surface area contributed by atoms with Crippen molar-refractivity contribution < 1.29 is 4.74 Å². The lowest BCUT2D eigenvalue weighted by atomic mass is 10.2. The molecule has 56 valence electrons. The molecule has 0 aliphatic carbocycles. The van der Waals surface area contributed by atoms with Gasteiger partial charge in [-0.2, -0.15) is 0 Å². The lowest BCUT2D eigenvalue weighted by molar-refractivity contribution is 0.349. The van der Waals surface area contributed by atoms with Gasteiger partial charge in [0, 0.05) is 0 Å². The SMILES string of the molecule is [CH2-][C+]1CNc2ccccc2O1. The van der Waals surface area contributed by atoms with Gasteiger partial charge in [-0.25, -0.2) is 0 Å². The monoisotopic (exact) mass is 147 g/mol. The highest BCUT2D eigenvalue weighted by atomic mass is 16.5. The summed E-state index contributed by atoms with van der Waals surface area (Å²) in [5.74, 6) is 0.865. The van der Waals surface area contributed by atoms with E-state index in [1.165, 1.54) is 0 Å². The molecule has 11 heavy (non-hydrogen) atoms. The predicted octanol–water partition coefficient (Wildman–Crippen LogP) is 1.86. The van der Waals surface area contributed by atoms with Crippen LogP contribution in [0.15, 0.2) is 24.3 Å². The summed E-state index contributed by atoms with van der Waals surface area (Å²) in [6, 6.07) is 7.83. The topological polar surface area (TPSA) is 21.3 Å². The zero-order chi connectivity index (χ0) is 7.68. The highest BCUT2D eigenvalue weighted by molar-refractivity contribution is 5.58. The summed E-state index contributed by atoms with van der Waals surface area (Å²) in [6.07, 6.45) is 0.767. The van der Waals surface area contributed by atoms with Crippen LogP contribution < -0.4 is 10.1 Å². The van der Waals surface area contributed by atoms with Crippen LogP contribution in [0.2, 0.25) is 0 Å². The molecule has 0 saturated heterocycles. The van der Waals surface area contributed by atoms with Crippen LogP contribution in [0.5, 0.6) is 5.75 Å². The zero-order valence-corrected chi connectivity index (χ0v) is 6.13. The Kier molecular flexibility index (Phi) is 1.39. The molecule has 2 rings (SSSR count). The summed E-state index contributed by atoms with van der Waals surface area (Å²) >= 11 is 0. The van der Waals surface area contributed by atoms with Gasteiger partial charge in [0.25, 0.3) is 0 Å². The van der Waals surface area contributed by atoms with Gasteiger partial charge in [-0.1, -0.05) is 19.1 Å². The van der Waals surface area contributed by atoms with E-state index < -0.39 is 0 Å². The van der Waals surface area contributed by atoms with Gasteiger partial charge in [0.05, 0.1) is 5.69 Å². The summed E-state index contributed by atoms with van der Waals surface area (Å²) in [4.78, 5) is 0. The summed E-state index contributed by atoms with van der Waals surface area (Å²) < 4.78 is 5.37. The molecule has 0 unspecified atom stereocenters. The molecule has 1 aromatic carbocycles. The minimum atomic E-state index is 0.705. The van der Waals surface area contributed by atoms with Crippen LogP contribution in [0.25, 0.3) is 0 Å². The molecule has 0 saturated carbocycles. The number of anilines is 1. The van der Waals surface area contributed by atoms with Crippen LogP contribution in [0.4, 0.5) is 5.69 Å². The van der Waals surface area contributed by atoms with Gasteiger partial charge in [-0.05, 0) is 12.1 Å². The number of hydrogen-bond acceptors (Lipinski definition) is 2. The lowest BCUT2D eigenvalue weighted by Gasteiger charge is -2.18. The van der Waals surface area contributed by atoms with Gasteiger partial charge in [-0.3, -0.25) is 0 Å². The van der Waals surface area contributed by atoms with Gasteiger partial charge < -0.3 is 10.1 Å². The maximum Gasteiger partial charge on any atom is 0.201 e. The summed E-state index contributed by atoms with van der Waals surface area (Å²) in [5, 5.41) is 3.19. The summed E-state index contributed by atoms with van der Waals surface area (Å²) in [7, 11) is 0. The Bertz CT molecular complexity index is 259. The molecule has 0 bridgehead atoms. The van der Waals surface area contributed by atoms with Crippen LogP contribution in [0.1, 0.15) is 0 Å². The van der Waals surface area contributed by atoms with Crippen molar-refractivity contribution in [3.8, 4) is 5.75 Å². The average Bonchev–Trinajstić information content (AvgIpc) is 2.04. The standard InChI is InChI=1S/C9H9NO/c1-7-6-10-8-4-2-3-5-9(8)11-7/h2-5,10H,1,6H2. The van der Waals surface area contributed by atoms with Crippen molar-refractivity contribution in [3.63, 3.8) is 0 Å². The lowest BCUT2D eigenvalue weighted by Crippen LogP contribution is -2.20. The van der Waals surface area contributed by atoms with Crippen LogP contribution in [-0.4, -0.2) is 6.54 Å². The molecular formula is C9H9NO. The van der Waals surface area contributed by atoms with Gasteiger partial charge in [0.15, 0.2) is 12.6 Å². The van der Waals surface area contributed by atoms with Crippen molar-refractivity contribution in [1.29, 1.82) is 0 Å².